The van der Waals surface area contributed by atoms with Gasteiger partial charge in [-0.3, -0.25) is 0 Å². The monoisotopic (exact) mass is 519 g/mol. The fraction of sp³-hybridized carbons (Fsp3) is 0.185. The Labute approximate surface area is 205 Å². The highest BCUT2D eigenvalue weighted by Gasteiger charge is 2.31. The largest absolute Gasteiger partial charge is 0.231 e. The molecule has 0 radical (unpaired) electrons. The summed E-state index contributed by atoms with van der Waals surface area (Å²) in [7, 11) is 0. The topological polar surface area (TPSA) is 28.5 Å². The maximum Gasteiger partial charge on any atom is 0.207 e. The Morgan fingerprint density at radius 3 is 2.27 bits per heavy atom. The molecule has 0 saturated carbocycles. The van der Waals surface area contributed by atoms with Gasteiger partial charge in [0, 0.05) is 21.8 Å². The summed E-state index contributed by atoms with van der Waals surface area (Å²) >= 11 is 5.08. The van der Waals surface area contributed by atoms with Gasteiger partial charge in [0.1, 0.15) is 5.82 Å². The molecule has 2 heterocycles. The van der Waals surface area contributed by atoms with Crippen molar-refractivity contribution < 1.29 is 4.39 Å². The van der Waals surface area contributed by atoms with Crippen molar-refractivity contribution in [3.05, 3.63) is 105 Å². The zero-order valence-corrected chi connectivity index (χ0v) is 20.8. The van der Waals surface area contributed by atoms with Crippen LogP contribution in [0.25, 0.3) is 11.3 Å². The molecule has 1 aliphatic rings. The third-order valence-electron chi connectivity index (χ3n) is 5.90. The molecule has 0 N–H and O–H groups in total. The summed E-state index contributed by atoms with van der Waals surface area (Å²) in [5, 5.41) is 9.91. The van der Waals surface area contributed by atoms with E-state index in [9.17, 15) is 4.39 Å². The number of rotatable bonds is 5. The van der Waals surface area contributed by atoms with Crippen LogP contribution in [-0.2, 0) is 0 Å². The number of anilines is 1. The molecule has 0 bridgehead atoms. The van der Waals surface area contributed by atoms with Crippen LogP contribution < -0.4 is 5.01 Å². The van der Waals surface area contributed by atoms with E-state index in [1.54, 1.807) is 23.5 Å². The molecule has 166 valence electrons. The van der Waals surface area contributed by atoms with E-state index < -0.39 is 0 Å². The Hall–Kier alpha value is -2.83. The molecule has 1 aromatic heterocycles. The number of hydrogen-bond acceptors (Lipinski definition) is 4. The number of thiazole rings is 1. The Bertz CT molecular complexity index is 1280. The van der Waals surface area contributed by atoms with Crippen molar-refractivity contribution in [1.29, 1.82) is 0 Å². The summed E-state index contributed by atoms with van der Waals surface area (Å²) in [6, 6.07) is 23.6. The predicted octanol–water partition coefficient (Wildman–Crippen LogP) is 8.19. The minimum absolute atomic E-state index is 0.0372. The Kier molecular flexibility index (Phi) is 6.13. The molecular formula is C27H23BrFN3S. The lowest BCUT2D eigenvalue weighted by molar-refractivity contribution is 0.627. The van der Waals surface area contributed by atoms with Crippen LogP contribution in [0.5, 0.6) is 0 Å². The normalized spacial score (nSPS) is 15.8. The van der Waals surface area contributed by atoms with Crippen molar-refractivity contribution in [3.8, 4) is 11.3 Å². The van der Waals surface area contributed by atoms with E-state index in [2.05, 4.69) is 71.6 Å². The maximum absolute atomic E-state index is 13.5. The van der Waals surface area contributed by atoms with E-state index in [1.807, 2.05) is 17.1 Å². The van der Waals surface area contributed by atoms with Gasteiger partial charge in [-0.2, -0.15) is 5.10 Å². The lowest BCUT2D eigenvalue weighted by Crippen LogP contribution is -2.18. The highest BCUT2D eigenvalue weighted by molar-refractivity contribution is 9.10. The molecule has 5 rings (SSSR count). The zero-order chi connectivity index (χ0) is 22.9. The van der Waals surface area contributed by atoms with Crippen molar-refractivity contribution >= 4 is 38.1 Å². The van der Waals surface area contributed by atoms with Gasteiger partial charge < -0.3 is 0 Å². The molecule has 3 nitrogen and oxygen atoms in total. The van der Waals surface area contributed by atoms with Crippen LogP contribution in [-0.4, -0.2) is 10.7 Å². The first kappa shape index (κ1) is 22.0. The molecule has 1 unspecified atom stereocenters. The summed E-state index contributed by atoms with van der Waals surface area (Å²) in [5.41, 5.74) is 6.39. The highest BCUT2D eigenvalue weighted by Crippen LogP contribution is 2.39. The first-order valence-corrected chi connectivity index (χ1v) is 12.6. The molecule has 0 fully saturated rings. The molecule has 1 atom stereocenters. The summed E-state index contributed by atoms with van der Waals surface area (Å²) in [4.78, 5) is 4.92. The predicted molar refractivity (Wildman–Crippen MR) is 139 cm³/mol. The minimum Gasteiger partial charge on any atom is -0.231 e. The Morgan fingerprint density at radius 2 is 1.61 bits per heavy atom. The second kappa shape index (κ2) is 9.20. The van der Waals surface area contributed by atoms with E-state index in [0.29, 0.717) is 5.92 Å². The summed E-state index contributed by atoms with van der Waals surface area (Å²) in [6.45, 7) is 4.40. The van der Waals surface area contributed by atoms with E-state index in [4.69, 9.17) is 10.1 Å². The molecule has 0 aliphatic carbocycles. The fourth-order valence-electron chi connectivity index (χ4n) is 3.99. The van der Waals surface area contributed by atoms with Crippen LogP contribution >= 0.6 is 27.3 Å². The first-order chi connectivity index (χ1) is 16.0. The van der Waals surface area contributed by atoms with Gasteiger partial charge in [0.2, 0.25) is 5.13 Å². The lowest BCUT2D eigenvalue weighted by Gasteiger charge is -2.21. The van der Waals surface area contributed by atoms with Gasteiger partial charge >= 0.3 is 0 Å². The molecule has 4 aromatic rings. The van der Waals surface area contributed by atoms with Gasteiger partial charge in [0.15, 0.2) is 0 Å². The van der Waals surface area contributed by atoms with Gasteiger partial charge in [-0.1, -0.05) is 78.3 Å². The fourth-order valence-corrected chi connectivity index (χ4v) is 5.09. The van der Waals surface area contributed by atoms with Crippen LogP contribution in [0, 0.1) is 5.82 Å². The van der Waals surface area contributed by atoms with E-state index >= 15 is 0 Å². The molecule has 0 spiro atoms. The number of nitrogens with zero attached hydrogens (tertiary/aromatic N) is 3. The molecule has 0 amide bonds. The maximum atomic E-state index is 13.5. The van der Waals surface area contributed by atoms with Crippen LogP contribution in [0.4, 0.5) is 9.52 Å². The molecule has 1 aliphatic heterocycles. The average Bonchev–Trinajstić information content (AvgIpc) is 3.48. The van der Waals surface area contributed by atoms with Gasteiger partial charge in [-0.05, 0) is 46.9 Å². The third kappa shape index (κ3) is 4.63. The van der Waals surface area contributed by atoms with Crippen LogP contribution in [0.3, 0.4) is 0 Å². The number of hydrazone groups is 1. The van der Waals surface area contributed by atoms with Gasteiger partial charge in [0.05, 0.1) is 17.4 Å². The Balaban J connectivity index is 1.51. The van der Waals surface area contributed by atoms with Gasteiger partial charge in [-0.15, -0.1) is 11.3 Å². The van der Waals surface area contributed by atoms with Crippen LogP contribution in [0.2, 0.25) is 0 Å². The zero-order valence-electron chi connectivity index (χ0n) is 18.4. The standard InChI is InChI=1S/C27H23BrFN3S/c1-17(2)18-3-5-21(6-4-18)26-15-24(19-9-13-23(29)14-10-19)31-32(26)27-30-25(16-33-27)20-7-11-22(28)12-8-20/h3-14,16-17,26H,15H2,1-2H3. The molecular weight excluding hydrogens is 497 g/mol. The van der Waals surface area contributed by atoms with Gasteiger partial charge in [-0.25, -0.2) is 14.4 Å². The number of halogens is 2. The molecule has 33 heavy (non-hydrogen) atoms. The van der Waals surface area contributed by atoms with Crippen molar-refractivity contribution in [1.82, 2.24) is 4.98 Å². The smallest absolute Gasteiger partial charge is 0.207 e. The van der Waals surface area contributed by atoms with Crippen molar-refractivity contribution in [2.45, 2.75) is 32.2 Å². The number of hydrogen-bond donors (Lipinski definition) is 0. The number of benzene rings is 3. The second-order valence-electron chi connectivity index (χ2n) is 8.46. The highest BCUT2D eigenvalue weighted by atomic mass is 79.9. The van der Waals surface area contributed by atoms with Crippen LogP contribution in [0.15, 0.2) is 87.8 Å². The van der Waals surface area contributed by atoms with Crippen molar-refractivity contribution in [2.24, 2.45) is 5.10 Å². The third-order valence-corrected chi connectivity index (χ3v) is 7.26. The quantitative estimate of drug-likeness (QED) is 0.265. The summed E-state index contributed by atoms with van der Waals surface area (Å²) < 4.78 is 14.5. The van der Waals surface area contributed by atoms with Crippen molar-refractivity contribution in [3.63, 3.8) is 0 Å². The molecule has 3 aromatic carbocycles. The average molecular weight is 520 g/mol. The SMILES string of the molecule is CC(C)c1ccc(C2CC(c3ccc(F)cc3)=NN2c2nc(-c3ccc(Br)cc3)cs2)cc1. The molecule has 6 heteroatoms. The molecule has 0 saturated heterocycles. The Morgan fingerprint density at radius 1 is 0.939 bits per heavy atom. The first-order valence-electron chi connectivity index (χ1n) is 10.9. The lowest BCUT2D eigenvalue weighted by atomic mass is 9.95. The number of aromatic nitrogens is 1. The van der Waals surface area contributed by atoms with Gasteiger partial charge in [0.25, 0.3) is 0 Å². The second-order valence-corrected chi connectivity index (χ2v) is 10.2. The summed E-state index contributed by atoms with van der Waals surface area (Å²) in [5.74, 6) is 0.242. The van der Waals surface area contributed by atoms with E-state index in [1.165, 1.54) is 23.3 Å². The summed E-state index contributed by atoms with van der Waals surface area (Å²) in [6.07, 6.45) is 0.736. The minimum atomic E-state index is -0.242. The van der Waals surface area contributed by atoms with Crippen LogP contribution in [0.1, 0.15) is 48.9 Å². The van der Waals surface area contributed by atoms with E-state index in [0.717, 1.165) is 38.6 Å². The van der Waals surface area contributed by atoms with Crippen molar-refractivity contribution in [2.75, 3.05) is 5.01 Å². The van der Waals surface area contributed by atoms with E-state index in [-0.39, 0.29) is 11.9 Å².